The van der Waals surface area contributed by atoms with Gasteiger partial charge in [0.2, 0.25) is 5.76 Å². The van der Waals surface area contributed by atoms with Crippen molar-refractivity contribution >= 4 is 5.97 Å². The minimum atomic E-state index is -1.11. The van der Waals surface area contributed by atoms with E-state index in [4.69, 9.17) is 14.6 Å². The van der Waals surface area contributed by atoms with Crippen LogP contribution in [-0.4, -0.2) is 11.1 Å². The van der Waals surface area contributed by atoms with Gasteiger partial charge in [0.05, 0.1) is 0 Å². The standard InChI is InChI=1S/C17H16O4/c1-2-8-16(17(18)19)21-15-12-7-6-11-14(15)20-13-9-4-3-5-10-13/h3-12H,2H2,1H3,(H,18,19)/b16-8-. The van der Waals surface area contributed by atoms with Crippen LogP contribution in [0.25, 0.3) is 0 Å². The Kier molecular flexibility index (Phi) is 4.99. The van der Waals surface area contributed by atoms with Gasteiger partial charge in [0.1, 0.15) is 5.75 Å². The summed E-state index contributed by atoms with van der Waals surface area (Å²) in [6, 6.07) is 16.2. The maximum Gasteiger partial charge on any atom is 0.371 e. The summed E-state index contributed by atoms with van der Waals surface area (Å²) in [4.78, 5) is 11.1. The minimum absolute atomic E-state index is 0.110. The van der Waals surface area contributed by atoms with Crippen LogP contribution < -0.4 is 9.47 Å². The average Bonchev–Trinajstić information content (AvgIpc) is 2.49. The van der Waals surface area contributed by atoms with Crippen molar-refractivity contribution in [3.63, 3.8) is 0 Å². The van der Waals surface area contributed by atoms with Gasteiger partial charge in [-0.2, -0.15) is 0 Å². The van der Waals surface area contributed by atoms with Crippen molar-refractivity contribution in [2.75, 3.05) is 0 Å². The third kappa shape index (κ3) is 4.11. The first-order valence-corrected chi connectivity index (χ1v) is 6.64. The fraction of sp³-hybridized carbons (Fsp3) is 0.118. The summed E-state index contributed by atoms with van der Waals surface area (Å²) in [7, 11) is 0. The second-order valence-corrected chi connectivity index (χ2v) is 4.25. The lowest BCUT2D eigenvalue weighted by atomic mass is 10.3. The Morgan fingerprint density at radius 1 is 1.05 bits per heavy atom. The zero-order valence-electron chi connectivity index (χ0n) is 11.7. The van der Waals surface area contributed by atoms with Crippen LogP contribution in [0.1, 0.15) is 13.3 Å². The number of para-hydroxylation sites is 3. The lowest BCUT2D eigenvalue weighted by Gasteiger charge is -2.12. The molecule has 0 radical (unpaired) electrons. The molecule has 0 saturated carbocycles. The normalized spacial score (nSPS) is 11.0. The van der Waals surface area contributed by atoms with Crippen LogP contribution in [0.15, 0.2) is 66.4 Å². The molecule has 21 heavy (non-hydrogen) atoms. The van der Waals surface area contributed by atoms with E-state index < -0.39 is 5.97 Å². The van der Waals surface area contributed by atoms with Crippen LogP contribution in [-0.2, 0) is 4.79 Å². The van der Waals surface area contributed by atoms with Crippen LogP contribution in [0.2, 0.25) is 0 Å². The van der Waals surface area contributed by atoms with Gasteiger partial charge in [-0.3, -0.25) is 0 Å². The largest absolute Gasteiger partial charge is 0.475 e. The molecule has 0 aromatic heterocycles. The van der Waals surface area contributed by atoms with E-state index in [-0.39, 0.29) is 5.76 Å². The maximum absolute atomic E-state index is 11.1. The highest BCUT2D eigenvalue weighted by Gasteiger charge is 2.13. The monoisotopic (exact) mass is 284 g/mol. The molecular formula is C17H16O4. The quantitative estimate of drug-likeness (QED) is 0.637. The highest BCUT2D eigenvalue weighted by molar-refractivity contribution is 5.84. The molecule has 0 atom stereocenters. The van der Waals surface area contributed by atoms with Crippen molar-refractivity contribution in [3.05, 3.63) is 66.4 Å². The van der Waals surface area contributed by atoms with Crippen LogP contribution in [0.4, 0.5) is 0 Å². The highest BCUT2D eigenvalue weighted by atomic mass is 16.5. The molecule has 2 rings (SSSR count). The Bertz CT molecular complexity index is 632. The number of carbonyl (C=O) groups is 1. The summed E-state index contributed by atoms with van der Waals surface area (Å²) in [5.74, 6) is 0.272. The predicted molar refractivity (Wildman–Crippen MR) is 79.6 cm³/mol. The average molecular weight is 284 g/mol. The molecule has 0 fully saturated rings. The maximum atomic E-state index is 11.1. The summed E-state index contributed by atoms with van der Waals surface area (Å²) in [6.07, 6.45) is 2.09. The summed E-state index contributed by atoms with van der Waals surface area (Å²) in [6.45, 7) is 1.85. The molecule has 0 unspecified atom stereocenters. The number of hydrogen-bond donors (Lipinski definition) is 1. The summed E-state index contributed by atoms with van der Waals surface area (Å²) in [5, 5.41) is 9.11. The van der Waals surface area contributed by atoms with Gasteiger partial charge in [-0.1, -0.05) is 37.3 Å². The molecule has 2 aromatic rings. The van der Waals surface area contributed by atoms with E-state index in [1.54, 1.807) is 24.3 Å². The highest BCUT2D eigenvalue weighted by Crippen LogP contribution is 2.32. The van der Waals surface area contributed by atoms with Gasteiger partial charge in [0, 0.05) is 0 Å². The molecule has 1 N–H and O–H groups in total. The number of aliphatic carboxylic acids is 1. The SMILES string of the molecule is CC/C=C(\Oc1ccccc1Oc1ccccc1)C(=O)O. The summed E-state index contributed by atoms with van der Waals surface area (Å²) in [5.41, 5.74) is 0. The Labute approximate surface area is 123 Å². The molecule has 4 nitrogen and oxygen atoms in total. The molecule has 2 aromatic carbocycles. The summed E-state index contributed by atoms with van der Waals surface area (Å²) >= 11 is 0. The molecule has 0 aliphatic heterocycles. The van der Waals surface area contributed by atoms with E-state index in [0.717, 1.165) is 0 Å². The first-order chi connectivity index (χ1) is 10.2. The molecule has 0 spiro atoms. The first kappa shape index (κ1) is 14.7. The molecule has 0 saturated heterocycles. The van der Waals surface area contributed by atoms with Gasteiger partial charge in [-0.05, 0) is 36.8 Å². The molecule has 0 aliphatic carbocycles. The molecular weight excluding hydrogens is 268 g/mol. The fourth-order valence-corrected chi connectivity index (χ4v) is 1.71. The Balaban J connectivity index is 2.24. The third-order valence-electron chi connectivity index (χ3n) is 2.64. The number of benzene rings is 2. The minimum Gasteiger partial charge on any atom is -0.475 e. The van der Waals surface area contributed by atoms with Gasteiger partial charge in [-0.25, -0.2) is 4.79 Å². The van der Waals surface area contributed by atoms with Crippen LogP contribution in [0, 0.1) is 0 Å². The Hall–Kier alpha value is -2.75. The van der Waals surface area contributed by atoms with Crippen molar-refractivity contribution in [1.29, 1.82) is 0 Å². The fourth-order valence-electron chi connectivity index (χ4n) is 1.71. The lowest BCUT2D eigenvalue weighted by molar-refractivity contribution is -0.135. The van der Waals surface area contributed by atoms with Crippen LogP contribution >= 0.6 is 0 Å². The molecule has 0 bridgehead atoms. The van der Waals surface area contributed by atoms with Crippen molar-refractivity contribution in [2.45, 2.75) is 13.3 Å². The van der Waals surface area contributed by atoms with Crippen molar-refractivity contribution in [3.8, 4) is 17.2 Å². The number of rotatable bonds is 6. The van der Waals surface area contributed by atoms with Gasteiger partial charge >= 0.3 is 5.97 Å². The topological polar surface area (TPSA) is 55.8 Å². The molecule has 108 valence electrons. The Morgan fingerprint density at radius 2 is 1.67 bits per heavy atom. The van der Waals surface area contributed by atoms with E-state index in [9.17, 15) is 4.79 Å². The smallest absolute Gasteiger partial charge is 0.371 e. The Morgan fingerprint density at radius 3 is 2.29 bits per heavy atom. The van der Waals surface area contributed by atoms with E-state index in [0.29, 0.717) is 23.7 Å². The van der Waals surface area contributed by atoms with Crippen LogP contribution in [0.3, 0.4) is 0 Å². The van der Waals surface area contributed by atoms with E-state index >= 15 is 0 Å². The van der Waals surface area contributed by atoms with Crippen LogP contribution in [0.5, 0.6) is 17.2 Å². The van der Waals surface area contributed by atoms with Gasteiger partial charge in [0.25, 0.3) is 0 Å². The van der Waals surface area contributed by atoms with Crippen molar-refractivity contribution in [1.82, 2.24) is 0 Å². The summed E-state index contributed by atoms with van der Waals surface area (Å²) < 4.78 is 11.2. The zero-order valence-corrected chi connectivity index (χ0v) is 11.7. The van der Waals surface area contributed by atoms with Gasteiger partial charge in [0.15, 0.2) is 11.5 Å². The van der Waals surface area contributed by atoms with E-state index in [1.165, 1.54) is 6.08 Å². The number of hydrogen-bond acceptors (Lipinski definition) is 3. The van der Waals surface area contributed by atoms with Crippen molar-refractivity contribution in [2.24, 2.45) is 0 Å². The lowest BCUT2D eigenvalue weighted by Crippen LogP contribution is -2.08. The number of allylic oxidation sites excluding steroid dienone is 1. The van der Waals surface area contributed by atoms with Gasteiger partial charge < -0.3 is 14.6 Å². The molecule has 4 heteroatoms. The number of ether oxygens (including phenoxy) is 2. The van der Waals surface area contributed by atoms with Gasteiger partial charge in [-0.15, -0.1) is 0 Å². The molecule has 0 heterocycles. The molecule has 0 amide bonds. The second kappa shape index (κ2) is 7.14. The first-order valence-electron chi connectivity index (χ1n) is 6.64. The number of carboxylic acid groups (broad SMARTS) is 1. The second-order valence-electron chi connectivity index (χ2n) is 4.25. The predicted octanol–water partition coefficient (Wildman–Crippen LogP) is 4.24. The number of carboxylic acids is 1. The third-order valence-corrected chi connectivity index (χ3v) is 2.64. The molecule has 0 aliphatic rings. The van der Waals surface area contributed by atoms with E-state index in [1.807, 2.05) is 37.3 Å². The van der Waals surface area contributed by atoms with Crippen molar-refractivity contribution < 1.29 is 19.4 Å². The zero-order chi connectivity index (χ0) is 15.1. The van der Waals surface area contributed by atoms with E-state index in [2.05, 4.69) is 0 Å².